The third-order valence-electron chi connectivity index (χ3n) is 3.36. The maximum Gasteiger partial charge on any atom is 0.242 e. The lowest BCUT2D eigenvalue weighted by molar-refractivity contribution is 0.260. The van der Waals surface area contributed by atoms with E-state index < -0.39 is 10.0 Å². The number of rotatable bonds is 4. The molecule has 0 aromatic carbocycles. The quantitative estimate of drug-likeness (QED) is 0.892. The second-order valence-corrected chi connectivity index (χ2v) is 6.31. The van der Waals surface area contributed by atoms with Crippen LogP contribution in [0.25, 0.3) is 0 Å². The maximum atomic E-state index is 12.1. The molecule has 1 fully saturated rings. The van der Waals surface area contributed by atoms with Gasteiger partial charge in [0.15, 0.2) is 0 Å². The Hall–Kier alpha value is -1.45. The minimum Gasteiger partial charge on any atom is -0.244 e. The predicted octanol–water partition coefficient (Wildman–Crippen LogP) is 1.42. The first-order valence-electron chi connectivity index (χ1n) is 5.91. The Labute approximate surface area is 107 Å². The topological polar surface area (TPSA) is 82.9 Å². The van der Waals surface area contributed by atoms with Crippen LogP contribution in [0.2, 0.25) is 0 Å². The largest absolute Gasteiger partial charge is 0.244 e. The lowest BCUT2D eigenvalue weighted by Crippen LogP contribution is -2.40. The number of pyridine rings is 1. The highest BCUT2D eigenvalue weighted by Crippen LogP contribution is 2.30. The van der Waals surface area contributed by atoms with E-state index in [1.165, 1.54) is 24.8 Å². The van der Waals surface area contributed by atoms with E-state index in [9.17, 15) is 8.42 Å². The molecular formula is C12H15N3O2S. The first kappa shape index (κ1) is 13.0. The monoisotopic (exact) mass is 265 g/mol. The number of sulfonamides is 1. The van der Waals surface area contributed by atoms with E-state index in [4.69, 9.17) is 5.26 Å². The normalized spacial score (nSPS) is 17.8. The third-order valence-corrected chi connectivity index (χ3v) is 4.90. The Balaban J connectivity index is 2.11. The predicted molar refractivity (Wildman–Crippen MR) is 66.1 cm³/mol. The summed E-state index contributed by atoms with van der Waals surface area (Å²) >= 11 is 0. The molecule has 18 heavy (non-hydrogen) atoms. The molecule has 1 N–H and O–H groups in total. The molecule has 6 heteroatoms. The van der Waals surface area contributed by atoms with Gasteiger partial charge >= 0.3 is 0 Å². The fourth-order valence-electron chi connectivity index (χ4n) is 1.95. The Morgan fingerprint density at radius 1 is 1.50 bits per heavy atom. The zero-order chi connectivity index (χ0) is 13.2. The van der Waals surface area contributed by atoms with E-state index in [0.717, 1.165) is 12.8 Å². The number of hydrogen-bond donors (Lipinski definition) is 1. The number of aromatic nitrogens is 1. The molecule has 5 nitrogen and oxygen atoms in total. The summed E-state index contributed by atoms with van der Waals surface area (Å²) in [6, 6.07) is 4.61. The zero-order valence-corrected chi connectivity index (χ0v) is 10.9. The van der Waals surface area contributed by atoms with Gasteiger partial charge in [0.25, 0.3) is 0 Å². The van der Waals surface area contributed by atoms with E-state index in [-0.39, 0.29) is 16.6 Å². The summed E-state index contributed by atoms with van der Waals surface area (Å²) in [6.45, 7) is 1.89. The standard InChI is InChI=1S/C12H15N3O2S/c1-9(10-3-2-4-10)15-18(16,17)12-6-5-11(7-13)14-8-12/h5-6,8-10,15H,2-4H2,1H3. The average molecular weight is 265 g/mol. The molecule has 1 aliphatic carbocycles. The molecule has 0 aliphatic heterocycles. The van der Waals surface area contributed by atoms with Crippen LogP contribution in [-0.2, 0) is 10.0 Å². The van der Waals surface area contributed by atoms with Gasteiger partial charge in [0.1, 0.15) is 16.7 Å². The van der Waals surface area contributed by atoms with Crippen molar-refractivity contribution in [2.24, 2.45) is 5.92 Å². The first-order chi connectivity index (χ1) is 8.53. The molecule has 0 saturated heterocycles. The van der Waals surface area contributed by atoms with Gasteiger partial charge in [-0.25, -0.2) is 18.1 Å². The van der Waals surface area contributed by atoms with Crippen molar-refractivity contribution < 1.29 is 8.42 Å². The lowest BCUT2D eigenvalue weighted by atomic mass is 9.81. The average Bonchev–Trinajstić information content (AvgIpc) is 2.26. The Morgan fingerprint density at radius 2 is 2.22 bits per heavy atom. The molecule has 96 valence electrons. The highest BCUT2D eigenvalue weighted by molar-refractivity contribution is 7.89. The summed E-state index contributed by atoms with van der Waals surface area (Å²) in [5, 5.41) is 8.61. The van der Waals surface area contributed by atoms with E-state index >= 15 is 0 Å². The van der Waals surface area contributed by atoms with E-state index in [1.807, 2.05) is 13.0 Å². The van der Waals surface area contributed by atoms with Crippen LogP contribution in [0, 0.1) is 17.2 Å². The van der Waals surface area contributed by atoms with E-state index in [2.05, 4.69) is 9.71 Å². The van der Waals surface area contributed by atoms with Gasteiger partial charge in [-0.2, -0.15) is 5.26 Å². The molecule has 1 unspecified atom stereocenters. The molecule has 0 spiro atoms. The molecule has 0 amide bonds. The molecule has 0 radical (unpaired) electrons. The SMILES string of the molecule is CC(NS(=O)(=O)c1ccc(C#N)nc1)C1CCC1. The lowest BCUT2D eigenvalue weighted by Gasteiger charge is -2.31. The Bertz CT molecular complexity index is 556. The first-order valence-corrected chi connectivity index (χ1v) is 7.40. The van der Waals surface area contributed by atoms with Crippen molar-refractivity contribution in [2.45, 2.75) is 37.1 Å². The van der Waals surface area contributed by atoms with Crippen LogP contribution in [0.1, 0.15) is 31.9 Å². The zero-order valence-electron chi connectivity index (χ0n) is 10.1. The van der Waals surface area contributed by atoms with Crippen molar-refractivity contribution in [1.82, 2.24) is 9.71 Å². The molecule has 1 aromatic heterocycles. The fraction of sp³-hybridized carbons (Fsp3) is 0.500. The molecule has 1 aliphatic rings. The van der Waals surface area contributed by atoms with Crippen LogP contribution < -0.4 is 4.72 Å². The van der Waals surface area contributed by atoms with Crippen LogP contribution >= 0.6 is 0 Å². The van der Waals surface area contributed by atoms with E-state index in [1.54, 1.807) is 0 Å². The van der Waals surface area contributed by atoms with Gasteiger partial charge in [0, 0.05) is 12.2 Å². The third kappa shape index (κ3) is 2.68. The summed E-state index contributed by atoms with van der Waals surface area (Å²) < 4.78 is 26.8. The Morgan fingerprint density at radius 3 is 2.67 bits per heavy atom. The minimum atomic E-state index is -3.53. The van der Waals surface area contributed by atoms with Crippen molar-refractivity contribution >= 4 is 10.0 Å². The molecule has 1 heterocycles. The molecular weight excluding hydrogens is 250 g/mol. The summed E-state index contributed by atoms with van der Waals surface area (Å²) in [7, 11) is -3.53. The van der Waals surface area contributed by atoms with Gasteiger partial charge in [-0.1, -0.05) is 6.42 Å². The van der Waals surface area contributed by atoms with Crippen LogP contribution in [-0.4, -0.2) is 19.4 Å². The van der Waals surface area contributed by atoms with Gasteiger partial charge in [0.2, 0.25) is 10.0 Å². The summed E-state index contributed by atoms with van der Waals surface area (Å²) in [5.74, 6) is 0.436. The highest BCUT2D eigenvalue weighted by Gasteiger charge is 2.27. The van der Waals surface area contributed by atoms with Crippen LogP contribution in [0.4, 0.5) is 0 Å². The van der Waals surface area contributed by atoms with E-state index in [0.29, 0.717) is 5.92 Å². The molecule has 1 saturated carbocycles. The van der Waals surface area contributed by atoms with Crippen molar-refractivity contribution in [3.8, 4) is 6.07 Å². The molecule has 1 atom stereocenters. The summed E-state index contributed by atoms with van der Waals surface area (Å²) in [4.78, 5) is 3.87. The van der Waals surface area contributed by atoms with Gasteiger partial charge < -0.3 is 0 Å². The molecule has 0 bridgehead atoms. The number of hydrogen-bond acceptors (Lipinski definition) is 4. The highest BCUT2D eigenvalue weighted by atomic mass is 32.2. The van der Waals surface area contributed by atoms with Crippen LogP contribution in [0.15, 0.2) is 23.2 Å². The fourth-order valence-corrected chi connectivity index (χ4v) is 3.21. The molecule has 2 rings (SSSR count). The minimum absolute atomic E-state index is 0.0561. The number of nitrogens with zero attached hydrogens (tertiary/aromatic N) is 2. The van der Waals surface area contributed by atoms with Gasteiger partial charge in [-0.05, 0) is 37.8 Å². The van der Waals surface area contributed by atoms with Crippen LogP contribution in [0.5, 0.6) is 0 Å². The second-order valence-electron chi connectivity index (χ2n) is 4.59. The number of nitriles is 1. The Kier molecular flexibility index (Phi) is 3.64. The maximum absolute atomic E-state index is 12.1. The smallest absolute Gasteiger partial charge is 0.242 e. The van der Waals surface area contributed by atoms with Crippen molar-refractivity contribution in [3.63, 3.8) is 0 Å². The number of nitrogens with one attached hydrogen (secondary N) is 1. The summed E-state index contributed by atoms with van der Waals surface area (Å²) in [6.07, 6.45) is 4.55. The van der Waals surface area contributed by atoms with Gasteiger partial charge in [-0.3, -0.25) is 0 Å². The second kappa shape index (κ2) is 5.04. The van der Waals surface area contributed by atoms with Gasteiger partial charge in [0.05, 0.1) is 0 Å². The summed E-state index contributed by atoms with van der Waals surface area (Å²) in [5.41, 5.74) is 0.209. The molecule has 1 aromatic rings. The van der Waals surface area contributed by atoms with Crippen LogP contribution in [0.3, 0.4) is 0 Å². The van der Waals surface area contributed by atoms with Crippen molar-refractivity contribution in [2.75, 3.05) is 0 Å². The van der Waals surface area contributed by atoms with Gasteiger partial charge in [-0.15, -0.1) is 0 Å². The van der Waals surface area contributed by atoms with Crippen molar-refractivity contribution in [3.05, 3.63) is 24.0 Å². The van der Waals surface area contributed by atoms with Crippen molar-refractivity contribution in [1.29, 1.82) is 5.26 Å².